The molecule has 0 amide bonds. The molecule has 0 unspecified atom stereocenters. The number of hydrogen-bond acceptors (Lipinski definition) is 5. The summed E-state index contributed by atoms with van der Waals surface area (Å²) in [4.78, 5) is 24.4. The van der Waals surface area contributed by atoms with Gasteiger partial charge in [0, 0.05) is 28.4 Å². The fourth-order valence-corrected chi connectivity index (χ4v) is 4.95. The maximum absolute atomic E-state index is 12.4. The lowest BCUT2D eigenvalue weighted by molar-refractivity contribution is -0.168. The molecule has 2 aliphatic heterocycles. The first-order chi connectivity index (χ1) is 11.8. The van der Waals surface area contributed by atoms with Crippen molar-refractivity contribution in [3.63, 3.8) is 0 Å². The molecule has 0 radical (unpaired) electrons. The summed E-state index contributed by atoms with van der Waals surface area (Å²) < 4.78 is 17.4. The minimum Gasteiger partial charge on any atom is -0.458 e. The molecule has 0 aromatic carbocycles. The zero-order chi connectivity index (χ0) is 18.1. The third-order valence-electron chi connectivity index (χ3n) is 6.61. The predicted molar refractivity (Wildman–Crippen MR) is 90.5 cm³/mol. The Morgan fingerprint density at radius 1 is 1.36 bits per heavy atom. The van der Waals surface area contributed by atoms with Crippen molar-refractivity contribution in [2.75, 3.05) is 0 Å². The van der Waals surface area contributed by atoms with Gasteiger partial charge in [-0.1, -0.05) is 26.2 Å². The summed E-state index contributed by atoms with van der Waals surface area (Å²) in [5.41, 5.74) is 1.73. The highest BCUT2D eigenvalue weighted by Crippen LogP contribution is 2.62. The van der Waals surface area contributed by atoms with Gasteiger partial charge in [-0.2, -0.15) is 0 Å². The van der Waals surface area contributed by atoms with Crippen molar-refractivity contribution < 1.29 is 23.8 Å². The second-order valence-corrected chi connectivity index (χ2v) is 7.92. The van der Waals surface area contributed by atoms with Crippen LogP contribution in [0, 0.1) is 17.3 Å². The maximum Gasteiger partial charge on any atom is 0.334 e. The Hall–Kier alpha value is -1.88. The second kappa shape index (κ2) is 5.31. The van der Waals surface area contributed by atoms with E-state index in [0.29, 0.717) is 11.1 Å². The molecule has 5 heteroatoms. The largest absolute Gasteiger partial charge is 0.458 e. The smallest absolute Gasteiger partial charge is 0.334 e. The topological polar surface area (TPSA) is 65.1 Å². The molecule has 2 saturated carbocycles. The molecule has 4 aliphatic rings. The molecular weight excluding hydrogens is 320 g/mol. The van der Waals surface area contributed by atoms with Gasteiger partial charge < -0.3 is 14.2 Å². The van der Waals surface area contributed by atoms with Gasteiger partial charge in [-0.3, -0.25) is 0 Å². The highest BCUT2D eigenvalue weighted by Gasteiger charge is 2.69. The van der Waals surface area contributed by atoms with Gasteiger partial charge in [-0.15, -0.1) is 0 Å². The fourth-order valence-electron chi connectivity index (χ4n) is 4.95. The number of esters is 2. The van der Waals surface area contributed by atoms with Crippen molar-refractivity contribution in [3.05, 3.63) is 36.0 Å². The standard InChI is InChI=1S/C20H24O5/c1-6-9(2)18(21)25-17-16-14(23-16)11(4)13-15-12(7-8-20(13,17)5)10(3)19(22)24-15/h6,12-17H,3-4,7-8H2,1-2,5H3/b9-6+/t12-,13-,14-,15+,16-,17+,20+/m1/s1. The van der Waals surface area contributed by atoms with Gasteiger partial charge in [-0.25, -0.2) is 9.59 Å². The summed E-state index contributed by atoms with van der Waals surface area (Å²) in [6.45, 7) is 13.8. The average Bonchev–Trinajstić information content (AvgIpc) is 3.32. The van der Waals surface area contributed by atoms with Crippen LogP contribution in [0.15, 0.2) is 36.0 Å². The lowest BCUT2D eigenvalue weighted by Crippen LogP contribution is -2.57. The summed E-state index contributed by atoms with van der Waals surface area (Å²) in [6.07, 6.45) is 2.46. The summed E-state index contributed by atoms with van der Waals surface area (Å²) in [7, 11) is 0. The minimum atomic E-state index is -0.357. The summed E-state index contributed by atoms with van der Waals surface area (Å²) in [6, 6.07) is 0. The molecule has 0 aromatic heterocycles. The quantitative estimate of drug-likeness (QED) is 0.333. The Balaban J connectivity index is 1.68. The van der Waals surface area contributed by atoms with Crippen molar-refractivity contribution >= 4 is 11.9 Å². The molecule has 7 atom stereocenters. The third kappa shape index (κ3) is 2.18. The second-order valence-electron chi connectivity index (χ2n) is 7.92. The van der Waals surface area contributed by atoms with Gasteiger partial charge in [-0.05, 0) is 32.3 Å². The van der Waals surface area contributed by atoms with Gasteiger partial charge in [0.25, 0.3) is 0 Å². The van der Waals surface area contributed by atoms with Crippen LogP contribution in [0.25, 0.3) is 0 Å². The van der Waals surface area contributed by atoms with Crippen LogP contribution in [0.4, 0.5) is 0 Å². The molecule has 2 saturated heterocycles. The zero-order valence-electron chi connectivity index (χ0n) is 14.9. The Kier molecular flexibility index (Phi) is 3.52. The molecule has 0 spiro atoms. The van der Waals surface area contributed by atoms with E-state index < -0.39 is 0 Å². The molecule has 0 N–H and O–H groups in total. The summed E-state index contributed by atoms with van der Waals surface area (Å²) in [5.74, 6) is -0.693. The van der Waals surface area contributed by atoms with E-state index in [1.165, 1.54) is 0 Å². The van der Waals surface area contributed by atoms with Gasteiger partial charge in [0.1, 0.15) is 24.4 Å². The van der Waals surface area contributed by atoms with Crippen LogP contribution in [0.3, 0.4) is 0 Å². The Labute approximate surface area is 147 Å². The van der Waals surface area contributed by atoms with Crippen molar-refractivity contribution in [1.29, 1.82) is 0 Å². The zero-order valence-corrected chi connectivity index (χ0v) is 14.9. The normalized spacial score (nSPS) is 45.2. The van der Waals surface area contributed by atoms with Crippen molar-refractivity contribution in [2.24, 2.45) is 17.3 Å². The minimum absolute atomic E-state index is 0.0197. The number of allylic oxidation sites excluding steroid dienone is 1. The van der Waals surface area contributed by atoms with Crippen molar-refractivity contribution in [1.82, 2.24) is 0 Å². The maximum atomic E-state index is 12.4. The first kappa shape index (κ1) is 16.6. The van der Waals surface area contributed by atoms with Crippen LogP contribution in [-0.4, -0.2) is 36.4 Å². The molecule has 2 heterocycles. The molecule has 0 bridgehead atoms. The third-order valence-corrected chi connectivity index (χ3v) is 6.61. The van der Waals surface area contributed by atoms with Crippen LogP contribution >= 0.6 is 0 Å². The molecule has 4 rings (SSSR count). The fraction of sp³-hybridized carbons (Fsp3) is 0.600. The molecule has 5 nitrogen and oxygen atoms in total. The van der Waals surface area contributed by atoms with Crippen LogP contribution < -0.4 is 0 Å². The van der Waals surface area contributed by atoms with Crippen LogP contribution in [0.5, 0.6) is 0 Å². The van der Waals surface area contributed by atoms with Crippen molar-refractivity contribution in [2.45, 2.75) is 58.0 Å². The Morgan fingerprint density at radius 2 is 2.08 bits per heavy atom. The van der Waals surface area contributed by atoms with Crippen LogP contribution in [0.1, 0.15) is 33.6 Å². The van der Waals surface area contributed by atoms with E-state index in [9.17, 15) is 9.59 Å². The van der Waals surface area contributed by atoms with Crippen LogP contribution in [0.2, 0.25) is 0 Å². The number of fused-ring (bicyclic) bond motifs is 4. The van der Waals surface area contributed by atoms with Gasteiger partial charge in [0.2, 0.25) is 0 Å². The number of hydrogen-bond donors (Lipinski definition) is 0. The lowest BCUT2D eigenvalue weighted by atomic mass is 9.54. The Bertz CT molecular complexity index is 720. The summed E-state index contributed by atoms with van der Waals surface area (Å²) >= 11 is 0. The monoisotopic (exact) mass is 344 g/mol. The van der Waals surface area contributed by atoms with E-state index in [0.717, 1.165) is 18.4 Å². The lowest BCUT2D eigenvalue weighted by Gasteiger charge is -2.51. The average molecular weight is 344 g/mol. The molecule has 25 heavy (non-hydrogen) atoms. The first-order valence-electron chi connectivity index (χ1n) is 8.87. The highest BCUT2D eigenvalue weighted by molar-refractivity contribution is 5.91. The molecule has 2 aliphatic carbocycles. The van der Waals surface area contributed by atoms with Gasteiger partial charge >= 0.3 is 11.9 Å². The van der Waals surface area contributed by atoms with Gasteiger partial charge in [0.05, 0.1) is 0 Å². The van der Waals surface area contributed by atoms with E-state index in [2.05, 4.69) is 20.1 Å². The van der Waals surface area contributed by atoms with E-state index >= 15 is 0 Å². The Morgan fingerprint density at radius 3 is 2.76 bits per heavy atom. The highest BCUT2D eigenvalue weighted by atomic mass is 16.6. The predicted octanol–water partition coefficient (Wildman–Crippen LogP) is 2.72. The van der Waals surface area contributed by atoms with Gasteiger partial charge in [0.15, 0.2) is 0 Å². The van der Waals surface area contributed by atoms with Crippen LogP contribution in [-0.2, 0) is 23.8 Å². The molecule has 134 valence electrons. The number of epoxide rings is 1. The molecular formula is C20H24O5. The van der Waals surface area contributed by atoms with E-state index in [-0.39, 0.29) is 53.6 Å². The summed E-state index contributed by atoms with van der Waals surface area (Å²) in [5, 5.41) is 0. The van der Waals surface area contributed by atoms with E-state index in [1.807, 2.05) is 6.92 Å². The number of rotatable bonds is 2. The first-order valence-corrected chi connectivity index (χ1v) is 8.87. The molecule has 0 aromatic rings. The molecule has 4 fully saturated rings. The number of carbonyl (C=O) groups is 2. The number of carbonyl (C=O) groups excluding carboxylic acids is 2. The van der Waals surface area contributed by atoms with E-state index in [4.69, 9.17) is 14.2 Å². The SMILES string of the molecule is C=C1C(=O)O[C@H]2[C@@H]1CC[C@@]1(C)[C@@H]2C(=C)[C@H]2O[C@H]2[C@@H]1OC(=O)/C(C)=C/C. The van der Waals surface area contributed by atoms with Crippen molar-refractivity contribution in [3.8, 4) is 0 Å². The number of ether oxygens (including phenoxy) is 3. The van der Waals surface area contributed by atoms with E-state index in [1.54, 1.807) is 13.0 Å².